The molecule has 7 nitrogen and oxygen atoms in total. The fourth-order valence-electron chi connectivity index (χ4n) is 1.62. The van der Waals surface area contributed by atoms with Crippen molar-refractivity contribution in [3.63, 3.8) is 0 Å². The molecule has 100 valence electrons. The van der Waals surface area contributed by atoms with E-state index >= 15 is 0 Å². The molecular weight excluding hydrogens is 369 g/mol. The quantitative estimate of drug-likeness (QED) is 0.676. The minimum atomic E-state index is 0.150. The van der Waals surface area contributed by atoms with E-state index in [1.807, 2.05) is 24.3 Å². The number of rotatable bonds is 3. The second-order valence-corrected chi connectivity index (χ2v) is 5.17. The van der Waals surface area contributed by atoms with Crippen LogP contribution in [0.5, 0.6) is 0 Å². The van der Waals surface area contributed by atoms with Crippen LogP contribution in [0.3, 0.4) is 0 Å². The molecule has 0 fully saturated rings. The van der Waals surface area contributed by atoms with E-state index in [4.69, 9.17) is 5.73 Å². The first-order chi connectivity index (χ1) is 9.70. The van der Waals surface area contributed by atoms with E-state index in [9.17, 15) is 0 Å². The normalized spacial score (nSPS) is 10.4. The van der Waals surface area contributed by atoms with E-state index in [2.05, 4.69) is 47.8 Å². The highest BCUT2D eigenvalue weighted by molar-refractivity contribution is 14.1. The van der Waals surface area contributed by atoms with Crippen LogP contribution < -0.4 is 11.1 Å². The Morgan fingerprint density at radius 3 is 2.85 bits per heavy atom. The number of hydrogen-bond donors (Lipinski definition) is 2. The van der Waals surface area contributed by atoms with Crippen LogP contribution in [0, 0.1) is 3.57 Å². The summed E-state index contributed by atoms with van der Waals surface area (Å²) in [6, 6.07) is 7.87. The molecule has 0 bridgehead atoms. The van der Waals surface area contributed by atoms with Gasteiger partial charge in [0.15, 0.2) is 0 Å². The van der Waals surface area contributed by atoms with E-state index in [0.29, 0.717) is 11.9 Å². The Kier molecular flexibility index (Phi) is 3.46. The van der Waals surface area contributed by atoms with Gasteiger partial charge in [-0.15, -0.1) is 0 Å². The SMILES string of the molecule is Nc1nc(Nc2cccc(I)c2)nc(-n2ccnc2)n1. The van der Waals surface area contributed by atoms with E-state index in [0.717, 1.165) is 9.26 Å². The average Bonchev–Trinajstić information content (AvgIpc) is 2.91. The van der Waals surface area contributed by atoms with Gasteiger partial charge >= 0.3 is 0 Å². The van der Waals surface area contributed by atoms with Crippen LogP contribution in [-0.4, -0.2) is 24.5 Å². The van der Waals surface area contributed by atoms with Gasteiger partial charge in [0.1, 0.15) is 6.33 Å². The van der Waals surface area contributed by atoms with Crippen LogP contribution in [0.4, 0.5) is 17.6 Å². The summed E-state index contributed by atoms with van der Waals surface area (Å²) in [4.78, 5) is 16.4. The standard InChI is InChI=1S/C12H10IN7/c13-8-2-1-3-9(6-8)16-11-17-10(14)18-12(19-11)20-5-4-15-7-20/h1-7H,(H3,14,16,17,18,19). The van der Waals surface area contributed by atoms with Crippen LogP contribution in [0.1, 0.15) is 0 Å². The second-order valence-electron chi connectivity index (χ2n) is 3.92. The molecule has 0 aliphatic carbocycles. The summed E-state index contributed by atoms with van der Waals surface area (Å²) in [6.45, 7) is 0. The number of anilines is 3. The highest BCUT2D eigenvalue weighted by atomic mass is 127. The molecule has 0 atom stereocenters. The van der Waals surface area contributed by atoms with Gasteiger partial charge in [0.25, 0.3) is 0 Å². The number of imidazole rings is 1. The zero-order valence-electron chi connectivity index (χ0n) is 10.2. The number of aromatic nitrogens is 5. The number of hydrogen-bond acceptors (Lipinski definition) is 6. The molecular formula is C12H10IN7. The smallest absolute Gasteiger partial charge is 0.241 e. The number of nitrogens with zero attached hydrogens (tertiary/aromatic N) is 5. The van der Waals surface area contributed by atoms with Gasteiger partial charge in [-0.3, -0.25) is 4.57 Å². The first-order valence-electron chi connectivity index (χ1n) is 5.73. The molecule has 20 heavy (non-hydrogen) atoms. The van der Waals surface area contributed by atoms with Gasteiger partial charge in [0.05, 0.1) is 0 Å². The van der Waals surface area contributed by atoms with Crippen molar-refractivity contribution in [2.45, 2.75) is 0 Å². The second kappa shape index (κ2) is 5.41. The number of benzene rings is 1. The molecule has 2 heterocycles. The van der Waals surface area contributed by atoms with Gasteiger partial charge in [-0.2, -0.15) is 15.0 Å². The predicted molar refractivity (Wildman–Crippen MR) is 83.8 cm³/mol. The highest BCUT2D eigenvalue weighted by Gasteiger charge is 2.06. The zero-order valence-corrected chi connectivity index (χ0v) is 12.4. The van der Waals surface area contributed by atoms with Crippen molar-refractivity contribution in [1.82, 2.24) is 24.5 Å². The topological polar surface area (TPSA) is 94.5 Å². The van der Waals surface area contributed by atoms with Crippen LogP contribution >= 0.6 is 22.6 Å². The van der Waals surface area contributed by atoms with Crippen molar-refractivity contribution in [3.8, 4) is 5.95 Å². The summed E-state index contributed by atoms with van der Waals surface area (Å²) >= 11 is 2.24. The summed E-state index contributed by atoms with van der Waals surface area (Å²) in [5, 5.41) is 3.11. The van der Waals surface area contributed by atoms with E-state index in [1.54, 1.807) is 23.3 Å². The molecule has 3 rings (SSSR count). The molecule has 0 saturated heterocycles. The number of nitrogen functional groups attached to an aromatic ring is 1. The lowest BCUT2D eigenvalue weighted by molar-refractivity contribution is 0.906. The molecule has 0 aliphatic rings. The maximum Gasteiger partial charge on any atom is 0.241 e. The number of halogens is 1. The monoisotopic (exact) mass is 379 g/mol. The van der Waals surface area contributed by atoms with Gasteiger partial charge in [-0.05, 0) is 40.8 Å². The largest absolute Gasteiger partial charge is 0.368 e. The Morgan fingerprint density at radius 1 is 1.20 bits per heavy atom. The van der Waals surface area contributed by atoms with Gasteiger partial charge in [0, 0.05) is 21.7 Å². The molecule has 1 aromatic carbocycles. The predicted octanol–water partition coefficient (Wildman–Crippen LogP) is 1.99. The average molecular weight is 379 g/mol. The summed E-state index contributed by atoms with van der Waals surface area (Å²) < 4.78 is 2.78. The molecule has 3 aromatic rings. The van der Waals surface area contributed by atoms with Crippen LogP contribution in [-0.2, 0) is 0 Å². The fraction of sp³-hybridized carbons (Fsp3) is 0. The first kappa shape index (κ1) is 12.8. The van der Waals surface area contributed by atoms with Crippen molar-refractivity contribution >= 4 is 40.2 Å². The fourth-order valence-corrected chi connectivity index (χ4v) is 2.17. The molecule has 8 heteroatoms. The molecule has 3 N–H and O–H groups in total. The van der Waals surface area contributed by atoms with E-state index < -0.39 is 0 Å². The molecule has 0 spiro atoms. The Bertz CT molecular complexity index is 726. The maximum absolute atomic E-state index is 5.71. The van der Waals surface area contributed by atoms with Gasteiger partial charge in [-0.1, -0.05) is 6.07 Å². The summed E-state index contributed by atoms with van der Waals surface area (Å²) in [7, 11) is 0. The Labute approximate surface area is 128 Å². The molecule has 0 radical (unpaired) electrons. The maximum atomic E-state index is 5.71. The van der Waals surface area contributed by atoms with Crippen LogP contribution in [0.2, 0.25) is 0 Å². The number of nitrogens with one attached hydrogen (secondary N) is 1. The van der Waals surface area contributed by atoms with Gasteiger partial charge < -0.3 is 11.1 Å². The molecule has 2 aromatic heterocycles. The van der Waals surface area contributed by atoms with Crippen LogP contribution in [0.25, 0.3) is 5.95 Å². The Hall–Kier alpha value is -2.23. The summed E-state index contributed by atoms with van der Waals surface area (Å²) in [5.74, 6) is 0.961. The van der Waals surface area contributed by atoms with Crippen molar-refractivity contribution < 1.29 is 0 Å². The third-order valence-electron chi connectivity index (χ3n) is 2.46. The van der Waals surface area contributed by atoms with Crippen molar-refractivity contribution in [2.75, 3.05) is 11.1 Å². The van der Waals surface area contributed by atoms with Crippen molar-refractivity contribution in [1.29, 1.82) is 0 Å². The summed E-state index contributed by atoms with van der Waals surface area (Å²) in [6.07, 6.45) is 4.99. The van der Waals surface area contributed by atoms with Crippen molar-refractivity contribution in [3.05, 3.63) is 46.6 Å². The molecule has 0 unspecified atom stereocenters. The lowest BCUT2D eigenvalue weighted by Crippen LogP contribution is -2.08. The van der Waals surface area contributed by atoms with E-state index in [-0.39, 0.29) is 5.95 Å². The highest BCUT2D eigenvalue weighted by Crippen LogP contribution is 2.17. The van der Waals surface area contributed by atoms with Crippen molar-refractivity contribution in [2.24, 2.45) is 0 Å². The summed E-state index contributed by atoms with van der Waals surface area (Å²) in [5.41, 5.74) is 6.60. The Balaban J connectivity index is 1.94. The Morgan fingerprint density at radius 2 is 2.10 bits per heavy atom. The van der Waals surface area contributed by atoms with Gasteiger partial charge in [0.2, 0.25) is 17.8 Å². The molecule has 0 amide bonds. The molecule has 0 saturated carbocycles. The molecule has 0 aliphatic heterocycles. The van der Waals surface area contributed by atoms with Crippen LogP contribution in [0.15, 0.2) is 43.0 Å². The minimum absolute atomic E-state index is 0.150. The van der Waals surface area contributed by atoms with Gasteiger partial charge in [-0.25, -0.2) is 4.98 Å². The first-order valence-corrected chi connectivity index (χ1v) is 6.81. The van der Waals surface area contributed by atoms with E-state index in [1.165, 1.54) is 0 Å². The third kappa shape index (κ3) is 2.85. The lowest BCUT2D eigenvalue weighted by Gasteiger charge is -2.07. The zero-order chi connectivity index (χ0) is 13.9. The minimum Gasteiger partial charge on any atom is -0.368 e. The number of nitrogens with two attached hydrogens (primary N) is 1. The lowest BCUT2D eigenvalue weighted by atomic mass is 10.3. The third-order valence-corrected chi connectivity index (χ3v) is 3.13.